The summed E-state index contributed by atoms with van der Waals surface area (Å²) in [4.78, 5) is 23.4. The van der Waals surface area contributed by atoms with Crippen molar-refractivity contribution in [3.05, 3.63) is 66.0 Å². The molecular formula is C28H31N5O3. The minimum atomic E-state index is -1.11. The van der Waals surface area contributed by atoms with Crippen LogP contribution < -0.4 is 10.2 Å². The van der Waals surface area contributed by atoms with E-state index in [-0.39, 0.29) is 11.6 Å². The lowest BCUT2D eigenvalue weighted by atomic mass is 9.78. The van der Waals surface area contributed by atoms with Crippen LogP contribution in [0.3, 0.4) is 0 Å². The van der Waals surface area contributed by atoms with Gasteiger partial charge in [-0.25, -0.2) is 14.8 Å². The quantitative estimate of drug-likeness (QED) is 0.368. The lowest BCUT2D eigenvalue weighted by Crippen LogP contribution is -2.37. The molecule has 0 spiro atoms. The van der Waals surface area contributed by atoms with Crippen LogP contribution >= 0.6 is 0 Å². The maximum Gasteiger partial charge on any atom is 0.354 e. The molecule has 2 aromatic heterocycles. The number of carboxylic acid groups (broad SMARTS) is 1. The molecule has 3 aromatic rings. The molecule has 36 heavy (non-hydrogen) atoms. The van der Waals surface area contributed by atoms with Crippen molar-refractivity contribution in [3.63, 3.8) is 0 Å². The average Bonchev–Trinajstić information content (AvgIpc) is 2.88. The number of aromatic nitrogens is 2. The topological polar surface area (TPSA) is 111 Å². The van der Waals surface area contributed by atoms with Crippen LogP contribution in [0.1, 0.15) is 48.2 Å². The van der Waals surface area contributed by atoms with Crippen LogP contribution in [0.2, 0.25) is 0 Å². The fourth-order valence-corrected chi connectivity index (χ4v) is 4.82. The van der Waals surface area contributed by atoms with Crippen molar-refractivity contribution in [1.82, 2.24) is 9.97 Å². The third-order valence-corrected chi connectivity index (χ3v) is 7.22. The second-order valence-electron chi connectivity index (χ2n) is 9.48. The number of hydrogen-bond acceptors (Lipinski definition) is 7. The van der Waals surface area contributed by atoms with Gasteiger partial charge in [0.05, 0.1) is 0 Å². The van der Waals surface area contributed by atoms with Gasteiger partial charge in [0.2, 0.25) is 0 Å². The molecule has 0 unspecified atom stereocenters. The molecule has 0 amide bonds. The average molecular weight is 486 g/mol. The van der Waals surface area contributed by atoms with Gasteiger partial charge in [-0.05, 0) is 61.6 Å². The minimum absolute atomic E-state index is 0.0722. The van der Waals surface area contributed by atoms with E-state index in [0.29, 0.717) is 28.7 Å². The van der Waals surface area contributed by atoms with Crippen LogP contribution in [0.25, 0.3) is 11.1 Å². The summed E-state index contributed by atoms with van der Waals surface area (Å²) >= 11 is 0. The van der Waals surface area contributed by atoms with Gasteiger partial charge < -0.3 is 25.5 Å². The Bertz CT molecular complexity index is 1240. The first-order valence-corrected chi connectivity index (χ1v) is 12.5. The Labute approximate surface area is 210 Å². The Morgan fingerprint density at radius 3 is 2.47 bits per heavy atom. The highest BCUT2D eigenvalue weighted by atomic mass is 16.5. The van der Waals surface area contributed by atoms with Gasteiger partial charge in [-0.2, -0.15) is 0 Å². The second-order valence-corrected chi connectivity index (χ2v) is 9.48. The van der Waals surface area contributed by atoms with Gasteiger partial charge in [0.15, 0.2) is 5.69 Å². The molecule has 186 valence electrons. The van der Waals surface area contributed by atoms with Crippen molar-refractivity contribution in [2.75, 3.05) is 30.5 Å². The predicted octanol–water partition coefficient (Wildman–Crippen LogP) is 5.37. The van der Waals surface area contributed by atoms with Crippen molar-refractivity contribution in [2.45, 2.75) is 38.1 Å². The molecule has 8 heteroatoms. The van der Waals surface area contributed by atoms with Crippen LogP contribution in [-0.2, 0) is 4.74 Å². The first-order chi connectivity index (χ1) is 17.5. The summed E-state index contributed by atoms with van der Waals surface area (Å²) in [7, 11) is 2.05. The normalized spacial score (nSPS) is 16.2. The van der Waals surface area contributed by atoms with Gasteiger partial charge in [-0.15, -0.1) is 0 Å². The number of anilines is 3. The SMILES string of the molecule is CN(c1ccc(-c2cc(C(=O)O)nc(Nc3ccccc3)c2C(=N)C2CCC2)cn1)C1CCOCC1. The number of benzene rings is 1. The van der Waals surface area contributed by atoms with Crippen molar-refractivity contribution in [3.8, 4) is 11.1 Å². The number of aromatic carboxylic acids is 1. The summed E-state index contributed by atoms with van der Waals surface area (Å²) < 4.78 is 5.49. The van der Waals surface area contributed by atoms with E-state index in [0.717, 1.165) is 62.4 Å². The molecule has 0 bridgehead atoms. The van der Waals surface area contributed by atoms with E-state index >= 15 is 0 Å². The van der Waals surface area contributed by atoms with Crippen LogP contribution in [0, 0.1) is 11.3 Å². The predicted molar refractivity (Wildman–Crippen MR) is 141 cm³/mol. The fraction of sp³-hybridized carbons (Fsp3) is 0.357. The number of carbonyl (C=O) groups is 1. The van der Waals surface area contributed by atoms with E-state index < -0.39 is 5.97 Å². The van der Waals surface area contributed by atoms with E-state index in [9.17, 15) is 9.90 Å². The molecule has 1 saturated heterocycles. The Kier molecular flexibility index (Phi) is 6.95. The highest BCUT2D eigenvalue weighted by molar-refractivity contribution is 6.10. The first kappa shape index (κ1) is 23.9. The fourth-order valence-electron chi connectivity index (χ4n) is 4.82. The lowest BCUT2D eigenvalue weighted by molar-refractivity contribution is 0.0690. The van der Waals surface area contributed by atoms with Crippen molar-refractivity contribution in [1.29, 1.82) is 5.41 Å². The highest BCUT2D eigenvalue weighted by Crippen LogP contribution is 2.38. The van der Waals surface area contributed by atoms with Crippen LogP contribution in [-0.4, -0.2) is 53.1 Å². The third kappa shape index (κ3) is 4.95. The zero-order valence-corrected chi connectivity index (χ0v) is 20.4. The van der Waals surface area contributed by atoms with E-state index in [1.54, 1.807) is 12.3 Å². The van der Waals surface area contributed by atoms with Gasteiger partial charge in [0, 0.05) is 60.9 Å². The number of nitrogens with one attached hydrogen (secondary N) is 2. The molecule has 0 atom stereocenters. The van der Waals surface area contributed by atoms with E-state index in [1.165, 1.54) is 0 Å². The molecule has 3 N–H and O–H groups in total. The maximum atomic E-state index is 12.0. The summed E-state index contributed by atoms with van der Waals surface area (Å²) in [6.07, 6.45) is 6.70. The zero-order valence-electron chi connectivity index (χ0n) is 20.4. The molecular weight excluding hydrogens is 454 g/mol. The van der Waals surface area contributed by atoms with Gasteiger partial charge in [0.1, 0.15) is 11.6 Å². The molecule has 8 nitrogen and oxygen atoms in total. The van der Waals surface area contributed by atoms with Gasteiger partial charge in [-0.3, -0.25) is 0 Å². The number of nitrogens with zero attached hydrogens (tertiary/aromatic N) is 3. The van der Waals surface area contributed by atoms with Crippen molar-refractivity contribution >= 4 is 29.0 Å². The van der Waals surface area contributed by atoms with Gasteiger partial charge in [0.25, 0.3) is 0 Å². The van der Waals surface area contributed by atoms with E-state index in [2.05, 4.69) is 15.2 Å². The molecule has 3 heterocycles. The monoisotopic (exact) mass is 485 g/mol. The summed E-state index contributed by atoms with van der Waals surface area (Å²) in [5.41, 5.74) is 3.26. The molecule has 2 aliphatic rings. The molecule has 1 aliphatic carbocycles. The highest BCUT2D eigenvalue weighted by Gasteiger charge is 2.29. The minimum Gasteiger partial charge on any atom is -0.477 e. The molecule has 0 radical (unpaired) electrons. The lowest BCUT2D eigenvalue weighted by Gasteiger charge is -2.32. The second kappa shape index (κ2) is 10.5. The summed E-state index contributed by atoms with van der Waals surface area (Å²) in [6.45, 7) is 1.51. The number of pyridine rings is 2. The molecule has 1 aromatic carbocycles. The number of ether oxygens (including phenoxy) is 1. The van der Waals surface area contributed by atoms with Crippen LogP contribution in [0.5, 0.6) is 0 Å². The summed E-state index contributed by atoms with van der Waals surface area (Å²) in [5, 5.41) is 22.1. The maximum absolute atomic E-state index is 12.0. The largest absolute Gasteiger partial charge is 0.477 e. The van der Waals surface area contributed by atoms with E-state index in [1.807, 2.05) is 49.5 Å². The molecule has 1 saturated carbocycles. The smallest absolute Gasteiger partial charge is 0.354 e. The Hall–Kier alpha value is -3.78. The number of hydrogen-bond donors (Lipinski definition) is 3. The first-order valence-electron chi connectivity index (χ1n) is 12.5. The Morgan fingerprint density at radius 1 is 1.11 bits per heavy atom. The zero-order chi connectivity index (χ0) is 25.1. The Morgan fingerprint density at radius 2 is 1.86 bits per heavy atom. The van der Waals surface area contributed by atoms with Crippen LogP contribution in [0.4, 0.5) is 17.3 Å². The third-order valence-electron chi connectivity index (χ3n) is 7.22. The molecule has 5 rings (SSSR count). The number of para-hydroxylation sites is 1. The number of carboxylic acids is 1. The van der Waals surface area contributed by atoms with Gasteiger partial charge in [-0.1, -0.05) is 24.6 Å². The Balaban J connectivity index is 1.57. The summed E-state index contributed by atoms with van der Waals surface area (Å²) in [5.74, 6) is 0.273. The molecule has 2 fully saturated rings. The van der Waals surface area contributed by atoms with Crippen molar-refractivity contribution in [2.24, 2.45) is 5.92 Å². The summed E-state index contributed by atoms with van der Waals surface area (Å²) in [6, 6.07) is 15.4. The van der Waals surface area contributed by atoms with E-state index in [4.69, 9.17) is 15.1 Å². The van der Waals surface area contributed by atoms with Gasteiger partial charge >= 0.3 is 5.97 Å². The van der Waals surface area contributed by atoms with Crippen LogP contribution in [0.15, 0.2) is 54.7 Å². The number of rotatable bonds is 8. The standard InChI is InChI=1S/C28H31N5O3/c1-33(21-12-14-36-15-13-21)24-11-10-19(17-30-24)22-16-23(28(34)35)32-27(31-20-8-3-2-4-9-20)25(22)26(29)18-6-5-7-18/h2-4,8-11,16-18,21,29H,5-7,12-15H2,1H3,(H,31,32)(H,34,35). The van der Waals surface area contributed by atoms with Crippen molar-refractivity contribution < 1.29 is 14.6 Å². The molecule has 1 aliphatic heterocycles.